The van der Waals surface area contributed by atoms with Crippen molar-refractivity contribution in [3.8, 4) is 0 Å². The Hall–Kier alpha value is -2.05. The van der Waals surface area contributed by atoms with Crippen LogP contribution in [0.3, 0.4) is 0 Å². The summed E-state index contributed by atoms with van der Waals surface area (Å²) in [4.78, 5) is 26.4. The van der Waals surface area contributed by atoms with E-state index in [-0.39, 0.29) is 31.0 Å². The number of carbonyl (C=O) groups excluding carboxylic acids is 2. The summed E-state index contributed by atoms with van der Waals surface area (Å²) in [5.74, 6) is -1.50. The topological polar surface area (TPSA) is 66.8 Å². The molecule has 1 fully saturated rings. The number of amides is 1. The molecule has 134 valence electrons. The van der Waals surface area contributed by atoms with Crippen LogP contribution in [0.25, 0.3) is 0 Å². The second-order valence-electron chi connectivity index (χ2n) is 6.21. The highest BCUT2D eigenvalue weighted by atomic mass is 32.1. The lowest BCUT2D eigenvalue weighted by molar-refractivity contribution is -0.172. The lowest BCUT2D eigenvalue weighted by atomic mass is 9.74. The van der Waals surface area contributed by atoms with Crippen LogP contribution in [-0.4, -0.2) is 52.0 Å². The minimum Gasteiger partial charge on any atom is -0.460 e. The largest absolute Gasteiger partial charge is 0.460 e. The fraction of sp³-hybridized carbons (Fsp3) is 0.421. The predicted molar refractivity (Wildman–Crippen MR) is 99.1 cm³/mol. The number of β-lactam (4-membered cyclic amide) rings is 1. The number of aliphatic hydroxyl groups is 1. The number of benzene rings is 1. The Morgan fingerprint density at radius 1 is 1.40 bits per heavy atom. The molecule has 1 aliphatic heterocycles. The van der Waals surface area contributed by atoms with Gasteiger partial charge in [-0.3, -0.25) is 9.59 Å². The van der Waals surface area contributed by atoms with Crippen LogP contribution in [0.1, 0.15) is 19.4 Å². The fourth-order valence-corrected chi connectivity index (χ4v) is 3.48. The van der Waals surface area contributed by atoms with Gasteiger partial charge >= 0.3 is 5.97 Å². The van der Waals surface area contributed by atoms with Crippen molar-refractivity contribution in [2.45, 2.75) is 26.0 Å². The van der Waals surface area contributed by atoms with Crippen molar-refractivity contribution in [2.75, 3.05) is 13.2 Å². The summed E-state index contributed by atoms with van der Waals surface area (Å²) in [6.45, 7) is 6.94. The maximum absolute atomic E-state index is 12.4. The number of ether oxygens (including phenoxy) is 1. The standard InChI is InChI=1S/C19H23NO4S/c1-4-10-24-15(22)11-20-17(16(13(3)21)19(20)23)12(2)18(25)14-8-6-5-7-9-14/h4-9,12-13,16-17,21H,1,10-11H2,2-3H3/t12-,13?,16-,17-/m1/s1. The predicted octanol–water partition coefficient (Wildman–Crippen LogP) is 1.98. The minimum absolute atomic E-state index is 0.101. The van der Waals surface area contributed by atoms with E-state index in [0.29, 0.717) is 4.86 Å². The van der Waals surface area contributed by atoms with E-state index in [1.807, 2.05) is 37.3 Å². The summed E-state index contributed by atoms with van der Waals surface area (Å²) in [7, 11) is 0. The number of rotatable bonds is 8. The number of aliphatic hydroxyl groups excluding tert-OH is 1. The summed E-state index contributed by atoms with van der Waals surface area (Å²) in [5.41, 5.74) is 0.905. The van der Waals surface area contributed by atoms with Crippen LogP contribution in [0.4, 0.5) is 0 Å². The van der Waals surface area contributed by atoms with Crippen molar-refractivity contribution >= 4 is 29.0 Å². The zero-order valence-electron chi connectivity index (χ0n) is 14.4. The van der Waals surface area contributed by atoms with Gasteiger partial charge in [0.05, 0.1) is 18.1 Å². The first kappa shape index (κ1) is 19.3. The highest BCUT2D eigenvalue weighted by Crippen LogP contribution is 2.36. The van der Waals surface area contributed by atoms with Crippen LogP contribution >= 0.6 is 12.2 Å². The van der Waals surface area contributed by atoms with Crippen LogP contribution in [0.15, 0.2) is 43.0 Å². The van der Waals surface area contributed by atoms with E-state index in [0.717, 1.165) is 5.56 Å². The molecule has 1 aromatic rings. The number of likely N-dealkylation sites (tertiary alicyclic amines) is 1. The Morgan fingerprint density at radius 3 is 2.60 bits per heavy atom. The Bertz CT molecular complexity index is 659. The third kappa shape index (κ3) is 4.14. The van der Waals surface area contributed by atoms with E-state index in [2.05, 4.69) is 6.58 Å². The van der Waals surface area contributed by atoms with Gasteiger partial charge in [-0.2, -0.15) is 0 Å². The fourth-order valence-electron chi connectivity index (χ4n) is 3.21. The van der Waals surface area contributed by atoms with Crippen LogP contribution in [0.5, 0.6) is 0 Å². The highest BCUT2D eigenvalue weighted by Gasteiger charge is 2.53. The molecule has 25 heavy (non-hydrogen) atoms. The first-order valence-corrected chi connectivity index (χ1v) is 8.63. The van der Waals surface area contributed by atoms with Crippen LogP contribution in [-0.2, 0) is 14.3 Å². The summed E-state index contributed by atoms with van der Waals surface area (Å²) in [6, 6.07) is 9.20. The van der Waals surface area contributed by atoms with Gasteiger partial charge in [-0.05, 0) is 12.5 Å². The van der Waals surface area contributed by atoms with Crippen molar-refractivity contribution in [1.82, 2.24) is 4.90 Å². The molecule has 0 aromatic heterocycles. The molecule has 6 heteroatoms. The van der Waals surface area contributed by atoms with Gasteiger partial charge in [0.15, 0.2) is 0 Å². The molecule has 2 rings (SSSR count). The van der Waals surface area contributed by atoms with Crippen LogP contribution in [0, 0.1) is 11.8 Å². The Balaban J connectivity index is 2.17. The Kier molecular flexibility index (Phi) is 6.45. The molecule has 1 aliphatic rings. The summed E-state index contributed by atoms with van der Waals surface area (Å²) >= 11 is 5.59. The second kappa shape index (κ2) is 8.36. The van der Waals surface area contributed by atoms with E-state index in [1.54, 1.807) is 6.92 Å². The van der Waals surface area contributed by atoms with Crippen molar-refractivity contribution in [2.24, 2.45) is 11.8 Å². The van der Waals surface area contributed by atoms with Gasteiger partial charge in [-0.15, -0.1) is 0 Å². The van der Waals surface area contributed by atoms with Gasteiger partial charge in [0.2, 0.25) is 5.91 Å². The SMILES string of the molecule is C=CCOC(=O)CN1C(=O)[C@H](C(C)O)[C@H]1[C@@H](C)C(=S)c1ccccc1. The van der Waals surface area contributed by atoms with Gasteiger partial charge in [-0.25, -0.2) is 0 Å². The molecule has 1 unspecified atom stereocenters. The lowest BCUT2D eigenvalue weighted by Gasteiger charge is -2.50. The van der Waals surface area contributed by atoms with E-state index in [1.165, 1.54) is 11.0 Å². The van der Waals surface area contributed by atoms with E-state index < -0.39 is 18.0 Å². The Labute approximate surface area is 153 Å². The summed E-state index contributed by atoms with van der Waals surface area (Å²) in [5, 5.41) is 9.99. The number of hydrogen-bond acceptors (Lipinski definition) is 5. The third-order valence-corrected chi connectivity index (χ3v) is 5.07. The van der Waals surface area contributed by atoms with Crippen LogP contribution in [0.2, 0.25) is 0 Å². The molecule has 1 amide bonds. The smallest absolute Gasteiger partial charge is 0.325 e. The Morgan fingerprint density at radius 2 is 2.04 bits per heavy atom. The zero-order valence-corrected chi connectivity index (χ0v) is 15.2. The molecule has 0 saturated carbocycles. The molecule has 0 aliphatic carbocycles. The van der Waals surface area contributed by atoms with E-state index in [9.17, 15) is 14.7 Å². The number of nitrogens with zero attached hydrogens (tertiary/aromatic N) is 1. The van der Waals surface area contributed by atoms with E-state index >= 15 is 0 Å². The molecule has 4 atom stereocenters. The van der Waals surface area contributed by atoms with Crippen molar-refractivity contribution in [3.05, 3.63) is 48.6 Å². The summed E-state index contributed by atoms with van der Waals surface area (Å²) in [6.07, 6.45) is 0.665. The molecule has 1 N–H and O–H groups in total. The average molecular weight is 361 g/mol. The third-order valence-electron chi connectivity index (χ3n) is 4.46. The van der Waals surface area contributed by atoms with Crippen molar-refractivity contribution in [3.63, 3.8) is 0 Å². The number of esters is 1. The lowest BCUT2D eigenvalue weighted by Crippen LogP contribution is -2.68. The van der Waals surface area contributed by atoms with Crippen molar-refractivity contribution in [1.29, 1.82) is 0 Å². The minimum atomic E-state index is -0.807. The van der Waals surface area contributed by atoms with Gasteiger partial charge < -0.3 is 14.7 Å². The molecule has 0 spiro atoms. The first-order valence-electron chi connectivity index (χ1n) is 8.22. The average Bonchev–Trinajstić information content (AvgIpc) is 2.61. The molecule has 1 saturated heterocycles. The van der Waals surface area contributed by atoms with Gasteiger partial charge in [0.25, 0.3) is 0 Å². The number of carbonyl (C=O) groups is 2. The molecule has 1 heterocycles. The van der Waals surface area contributed by atoms with Gasteiger partial charge in [0.1, 0.15) is 13.2 Å². The monoisotopic (exact) mass is 361 g/mol. The quantitative estimate of drug-likeness (QED) is 0.252. The second-order valence-corrected chi connectivity index (χ2v) is 6.65. The van der Waals surface area contributed by atoms with Crippen molar-refractivity contribution < 1.29 is 19.4 Å². The maximum atomic E-state index is 12.4. The molecule has 0 bridgehead atoms. The zero-order chi connectivity index (χ0) is 18.6. The molecular weight excluding hydrogens is 338 g/mol. The van der Waals surface area contributed by atoms with Gasteiger partial charge in [0, 0.05) is 10.8 Å². The first-order chi connectivity index (χ1) is 11.9. The van der Waals surface area contributed by atoms with Crippen LogP contribution < -0.4 is 0 Å². The highest BCUT2D eigenvalue weighted by molar-refractivity contribution is 7.80. The molecule has 0 radical (unpaired) electrons. The number of hydrogen-bond donors (Lipinski definition) is 1. The van der Waals surface area contributed by atoms with Gasteiger partial charge in [-0.1, -0.05) is 62.1 Å². The molecule has 5 nitrogen and oxygen atoms in total. The molecular formula is C19H23NO4S. The normalized spacial score (nSPS) is 21.9. The summed E-state index contributed by atoms with van der Waals surface area (Å²) < 4.78 is 4.97. The number of thiocarbonyl (C=S) groups is 1. The molecule has 1 aromatic carbocycles. The maximum Gasteiger partial charge on any atom is 0.325 e. The van der Waals surface area contributed by atoms with E-state index in [4.69, 9.17) is 17.0 Å².